The summed E-state index contributed by atoms with van der Waals surface area (Å²) in [7, 11) is 1.96. The van der Waals surface area contributed by atoms with Gasteiger partial charge in [-0.05, 0) is 73.8 Å². The Morgan fingerprint density at radius 2 is 1.83 bits per heavy atom. The van der Waals surface area contributed by atoms with Crippen molar-refractivity contribution in [3.8, 4) is 0 Å². The van der Waals surface area contributed by atoms with Crippen LogP contribution in [0, 0.1) is 23.2 Å². The fourth-order valence-electron chi connectivity index (χ4n) is 6.00. The van der Waals surface area contributed by atoms with Crippen molar-refractivity contribution < 1.29 is 4.79 Å². The molecule has 1 aromatic heterocycles. The molecule has 4 nitrogen and oxygen atoms in total. The minimum absolute atomic E-state index is 0. The van der Waals surface area contributed by atoms with E-state index in [2.05, 4.69) is 4.98 Å². The molecule has 0 saturated heterocycles. The van der Waals surface area contributed by atoms with Gasteiger partial charge in [0.2, 0.25) is 0 Å². The van der Waals surface area contributed by atoms with Gasteiger partial charge in [0.1, 0.15) is 0 Å². The maximum atomic E-state index is 12.8. The molecule has 0 spiro atoms. The zero-order chi connectivity index (χ0) is 16.0. The third-order valence-corrected chi connectivity index (χ3v) is 6.36. The van der Waals surface area contributed by atoms with Crippen molar-refractivity contribution in [1.29, 1.82) is 0 Å². The van der Waals surface area contributed by atoms with Crippen LogP contribution < -0.4 is 5.73 Å². The van der Waals surface area contributed by atoms with Crippen LogP contribution in [0.15, 0.2) is 18.3 Å². The first-order valence-electron chi connectivity index (χ1n) is 8.97. The summed E-state index contributed by atoms with van der Waals surface area (Å²) in [6.45, 7) is 1.29. The summed E-state index contributed by atoms with van der Waals surface area (Å²) in [4.78, 5) is 18.9. The molecule has 0 unspecified atom stereocenters. The van der Waals surface area contributed by atoms with E-state index in [9.17, 15) is 4.79 Å². The van der Waals surface area contributed by atoms with Crippen molar-refractivity contribution in [3.63, 3.8) is 0 Å². The molecule has 1 amide bonds. The standard InChI is InChI=1S/C19H27N3O.ClH/c1-22(18(23)16-2-3-21-17(7-16)11-20)12-19-8-13-4-14(9-19)6-15(5-13)10-19;/h2-3,7,13-15H,4-6,8-12,20H2,1H3;1H. The highest BCUT2D eigenvalue weighted by Crippen LogP contribution is 2.60. The molecular formula is C19H28ClN3O. The van der Waals surface area contributed by atoms with E-state index in [1.807, 2.05) is 18.0 Å². The van der Waals surface area contributed by atoms with E-state index < -0.39 is 0 Å². The molecular weight excluding hydrogens is 322 g/mol. The van der Waals surface area contributed by atoms with Crippen molar-refractivity contribution in [2.45, 2.75) is 45.1 Å². The lowest BCUT2D eigenvalue weighted by Crippen LogP contribution is -2.51. The van der Waals surface area contributed by atoms with Crippen LogP contribution in [0.5, 0.6) is 0 Å². The molecule has 24 heavy (non-hydrogen) atoms. The molecule has 1 aromatic rings. The number of hydrogen-bond acceptors (Lipinski definition) is 3. The maximum Gasteiger partial charge on any atom is 0.253 e. The Kier molecular flexibility index (Phi) is 4.89. The van der Waals surface area contributed by atoms with E-state index in [4.69, 9.17) is 5.73 Å². The second kappa shape index (κ2) is 6.64. The Bertz CT molecular complexity index is 583. The summed E-state index contributed by atoms with van der Waals surface area (Å²) in [5.41, 5.74) is 7.53. The average Bonchev–Trinajstić information content (AvgIpc) is 2.52. The first kappa shape index (κ1) is 17.7. The number of pyridine rings is 1. The van der Waals surface area contributed by atoms with Gasteiger partial charge in [-0.3, -0.25) is 9.78 Å². The largest absolute Gasteiger partial charge is 0.341 e. The van der Waals surface area contributed by atoms with Crippen molar-refractivity contribution in [3.05, 3.63) is 29.6 Å². The Morgan fingerprint density at radius 3 is 2.38 bits per heavy atom. The van der Waals surface area contributed by atoms with Crippen molar-refractivity contribution in [2.24, 2.45) is 28.9 Å². The Hall–Kier alpha value is -1.13. The highest BCUT2D eigenvalue weighted by molar-refractivity contribution is 5.94. The van der Waals surface area contributed by atoms with E-state index in [1.165, 1.54) is 38.5 Å². The summed E-state index contributed by atoms with van der Waals surface area (Å²) in [6.07, 6.45) is 10.0. The molecule has 0 aromatic carbocycles. The molecule has 132 valence electrons. The number of carbonyl (C=O) groups is 1. The Balaban J connectivity index is 0.00000169. The number of halogens is 1. The van der Waals surface area contributed by atoms with Gasteiger partial charge in [0, 0.05) is 31.9 Å². The molecule has 0 atom stereocenters. The SMILES string of the molecule is CN(CC12CC3CC(CC(C3)C1)C2)C(=O)c1ccnc(CN)c1.Cl. The highest BCUT2D eigenvalue weighted by Gasteiger charge is 2.51. The van der Waals surface area contributed by atoms with E-state index in [0.717, 1.165) is 30.0 Å². The molecule has 1 heterocycles. The topological polar surface area (TPSA) is 59.2 Å². The lowest BCUT2D eigenvalue weighted by Gasteiger charge is -2.57. The average molecular weight is 350 g/mol. The highest BCUT2D eigenvalue weighted by atomic mass is 35.5. The molecule has 4 saturated carbocycles. The van der Waals surface area contributed by atoms with E-state index >= 15 is 0 Å². The molecule has 2 N–H and O–H groups in total. The predicted molar refractivity (Wildman–Crippen MR) is 96.9 cm³/mol. The number of rotatable bonds is 4. The van der Waals surface area contributed by atoms with E-state index in [0.29, 0.717) is 17.5 Å². The Morgan fingerprint density at radius 1 is 1.25 bits per heavy atom. The van der Waals surface area contributed by atoms with Gasteiger partial charge in [-0.2, -0.15) is 0 Å². The number of amides is 1. The molecule has 0 radical (unpaired) electrons. The Labute approximate surface area is 150 Å². The number of aromatic nitrogens is 1. The number of carbonyl (C=O) groups excluding carboxylic acids is 1. The van der Waals surface area contributed by atoms with Crippen LogP contribution in [0.2, 0.25) is 0 Å². The fourth-order valence-corrected chi connectivity index (χ4v) is 6.00. The summed E-state index contributed by atoms with van der Waals surface area (Å²) >= 11 is 0. The van der Waals surface area contributed by atoms with Crippen LogP contribution in [0.25, 0.3) is 0 Å². The lowest BCUT2D eigenvalue weighted by molar-refractivity contribution is -0.0629. The van der Waals surface area contributed by atoms with Gasteiger partial charge < -0.3 is 10.6 Å². The van der Waals surface area contributed by atoms with E-state index in [-0.39, 0.29) is 18.3 Å². The quantitative estimate of drug-likeness (QED) is 0.907. The van der Waals surface area contributed by atoms with Crippen molar-refractivity contribution in [1.82, 2.24) is 9.88 Å². The van der Waals surface area contributed by atoms with Gasteiger partial charge in [-0.25, -0.2) is 0 Å². The first-order valence-corrected chi connectivity index (χ1v) is 8.97. The summed E-state index contributed by atoms with van der Waals surface area (Å²) in [5.74, 6) is 2.89. The molecule has 4 fully saturated rings. The summed E-state index contributed by atoms with van der Waals surface area (Å²) < 4.78 is 0. The van der Waals surface area contributed by atoms with Crippen molar-refractivity contribution >= 4 is 18.3 Å². The molecule has 5 heteroatoms. The number of nitrogens with zero attached hydrogens (tertiary/aromatic N) is 2. The van der Waals surface area contributed by atoms with Crippen LogP contribution in [0.3, 0.4) is 0 Å². The van der Waals surface area contributed by atoms with Gasteiger partial charge in [0.15, 0.2) is 0 Å². The van der Waals surface area contributed by atoms with E-state index in [1.54, 1.807) is 12.3 Å². The number of hydrogen-bond donors (Lipinski definition) is 1. The first-order chi connectivity index (χ1) is 11.1. The minimum atomic E-state index is 0. The summed E-state index contributed by atoms with van der Waals surface area (Å²) in [6, 6.07) is 3.64. The second-order valence-corrected chi connectivity index (χ2v) is 8.32. The van der Waals surface area contributed by atoms with Crippen LogP contribution in [-0.4, -0.2) is 29.4 Å². The van der Waals surface area contributed by atoms with Crippen LogP contribution >= 0.6 is 12.4 Å². The normalized spacial score (nSPS) is 33.2. The van der Waals surface area contributed by atoms with Gasteiger partial charge in [-0.1, -0.05) is 0 Å². The van der Waals surface area contributed by atoms with Gasteiger partial charge in [0.05, 0.1) is 5.69 Å². The third kappa shape index (κ3) is 3.18. The second-order valence-electron chi connectivity index (χ2n) is 8.32. The zero-order valence-electron chi connectivity index (χ0n) is 14.4. The molecule has 4 aliphatic rings. The maximum absolute atomic E-state index is 12.8. The van der Waals surface area contributed by atoms with Gasteiger partial charge in [0.25, 0.3) is 5.91 Å². The van der Waals surface area contributed by atoms with Gasteiger partial charge in [-0.15, -0.1) is 12.4 Å². The lowest BCUT2D eigenvalue weighted by atomic mass is 9.49. The van der Waals surface area contributed by atoms with Crippen LogP contribution in [0.1, 0.15) is 54.6 Å². The molecule has 4 bridgehead atoms. The summed E-state index contributed by atoms with van der Waals surface area (Å²) in [5, 5.41) is 0. The smallest absolute Gasteiger partial charge is 0.253 e. The predicted octanol–water partition coefficient (Wildman–Crippen LogP) is 3.25. The molecule has 4 aliphatic carbocycles. The zero-order valence-corrected chi connectivity index (χ0v) is 15.2. The minimum Gasteiger partial charge on any atom is -0.341 e. The molecule has 5 rings (SSSR count). The van der Waals surface area contributed by atoms with Crippen molar-refractivity contribution in [2.75, 3.05) is 13.6 Å². The van der Waals surface area contributed by atoms with Crippen LogP contribution in [0.4, 0.5) is 0 Å². The monoisotopic (exact) mass is 349 g/mol. The van der Waals surface area contributed by atoms with Crippen LogP contribution in [-0.2, 0) is 6.54 Å². The fraction of sp³-hybridized carbons (Fsp3) is 0.684. The number of nitrogens with two attached hydrogens (primary N) is 1. The van der Waals surface area contributed by atoms with Gasteiger partial charge >= 0.3 is 0 Å². The third-order valence-electron chi connectivity index (χ3n) is 6.36. The molecule has 0 aliphatic heterocycles.